The first-order chi connectivity index (χ1) is 28.3. The van der Waals surface area contributed by atoms with Crippen LogP contribution in [0.4, 0.5) is 0 Å². The quantitative estimate of drug-likeness (QED) is 0.0536. The molecule has 0 saturated heterocycles. The Hall–Kier alpha value is -4.48. The van der Waals surface area contributed by atoms with Crippen molar-refractivity contribution in [2.75, 3.05) is 37.7 Å². The van der Waals surface area contributed by atoms with Crippen molar-refractivity contribution >= 4 is 85.0 Å². The molecule has 0 aromatic rings. The first kappa shape index (κ1) is 86.6. The van der Waals surface area contributed by atoms with E-state index in [-0.39, 0.29) is 60.7 Å². The van der Waals surface area contributed by atoms with Gasteiger partial charge in [0.1, 0.15) is 36.3 Å². The van der Waals surface area contributed by atoms with Crippen LogP contribution in [0.3, 0.4) is 0 Å². The Morgan fingerprint density at radius 1 is 0.391 bits per heavy atom. The Morgan fingerprint density at radius 2 is 0.562 bits per heavy atom. The third-order valence-corrected chi connectivity index (χ3v) is 5.34. The van der Waals surface area contributed by atoms with Gasteiger partial charge < -0.3 is 108 Å². The second-order valence-corrected chi connectivity index (χ2v) is 12.3. The van der Waals surface area contributed by atoms with Crippen molar-refractivity contribution in [3.63, 3.8) is 0 Å². The number of hydrogen-bond acceptors (Lipinski definition) is 22. The molecule has 1 radical (unpaired) electrons. The number of carboxylic acid groups (broad SMARTS) is 10. The fourth-order valence-corrected chi connectivity index (χ4v) is 1.36. The zero-order chi connectivity index (χ0) is 53.3. The molecule has 30 N–H and O–H groups in total. The maximum atomic E-state index is 10.1. The molecule has 0 bridgehead atoms. The van der Waals surface area contributed by atoms with Crippen molar-refractivity contribution in [1.82, 2.24) is 0 Å². The van der Waals surface area contributed by atoms with Gasteiger partial charge in [0.05, 0.1) is 26.2 Å². The molecule has 0 spiro atoms. The molecule has 0 aliphatic carbocycles. The molecular weight excluding hydrogens is 960 g/mol. The van der Waals surface area contributed by atoms with E-state index in [1.165, 1.54) is 13.8 Å². The SMILES string of the molecule is CC(C)C[C@H](N)C(=O)O.CC(C)[C@H](N)C(=O)O.C[C@H](N)C(=O)O.C[C@H](N)C(=O)O.NCC(=O)O.NCC(=O)O.NCC(=O)O.NCC(=O)O.N[C@@H](CS)C(=O)O.N[C@@H](CS)C(=O)O.[Cu]. The van der Waals surface area contributed by atoms with Crippen LogP contribution in [0.2, 0.25) is 0 Å². The molecule has 0 aliphatic heterocycles. The molecule has 0 aromatic carbocycles. The number of thiol groups is 2. The topological polar surface area (TPSA) is 633 Å². The average Bonchev–Trinajstić information content (AvgIpc) is 3.18. The van der Waals surface area contributed by atoms with Gasteiger partial charge >= 0.3 is 59.7 Å². The second kappa shape index (κ2) is 60.6. The van der Waals surface area contributed by atoms with Crippen LogP contribution in [0.25, 0.3) is 0 Å². The standard InChI is InChI=1S/C6H13NO2.C5H11NO2.2C3H7NO2S.2C3H7NO2.4C2H5NO2.Cu/c1-4(2)3-5(7)6(8)9;1-3(2)4(6)5(7)8;2*4-2(1-7)3(5)6;2*1-2(4)3(5)6;4*3-1-2(4)5;/h4-5H,3,7H2,1-2H3,(H,8,9);3-4H,6H2,1-2H3,(H,7,8);2*2,7H,1,4H2,(H,5,6);2*2H,4H2,1H3,(H,5,6);4*1,3H2,(H,4,5);/t5-;4-;4*2-;;;;;/m000000...../s1. The summed E-state index contributed by atoms with van der Waals surface area (Å²) in [5.74, 6) is -8.89. The number of carbonyl (C=O) groups is 10. The van der Waals surface area contributed by atoms with Crippen LogP contribution in [0, 0.1) is 11.8 Å². The largest absolute Gasteiger partial charge is 0.480 e. The number of aliphatic carboxylic acids is 10. The van der Waals surface area contributed by atoms with Crippen molar-refractivity contribution in [3.05, 3.63) is 0 Å². The van der Waals surface area contributed by atoms with Gasteiger partial charge in [-0.2, -0.15) is 25.3 Å². The monoisotopic (exact) mass is 1030 g/mol. The zero-order valence-electron chi connectivity index (χ0n) is 36.1. The minimum Gasteiger partial charge on any atom is -0.480 e. The summed E-state index contributed by atoms with van der Waals surface area (Å²) in [7, 11) is 0. The Morgan fingerprint density at radius 3 is 0.578 bits per heavy atom. The molecular formula is C31H72CuN10O20S2. The van der Waals surface area contributed by atoms with Crippen LogP contribution in [0.15, 0.2) is 0 Å². The van der Waals surface area contributed by atoms with Crippen molar-refractivity contribution in [2.24, 2.45) is 69.2 Å². The predicted molar refractivity (Wildman–Crippen MR) is 234 cm³/mol. The molecule has 0 aliphatic rings. The minimum absolute atomic E-state index is 0. The summed E-state index contributed by atoms with van der Waals surface area (Å²) in [6.07, 6.45) is 0.551. The number of rotatable bonds is 15. The summed E-state index contributed by atoms with van der Waals surface area (Å²) in [6, 6.07) is -4.50. The maximum absolute atomic E-state index is 10.1. The molecule has 0 rings (SSSR count). The van der Waals surface area contributed by atoms with E-state index in [0.717, 1.165) is 0 Å². The summed E-state index contributed by atoms with van der Waals surface area (Å²) < 4.78 is 0. The normalized spacial score (nSPS) is 11.5. The second-order valence-electron chi connectivity index (χ2n) is 11.6. The van der Waals surface area contributed by atoms with E-state index in [0.29, 0.717) is 12.3 Å². The Bertz CT molecular complexity index is 1150. The summed E-state index contributed by atoms with van der Waals surface area (Å²) in [5.41, 5.74) is 48.2. The number of carboxylic acids is 10. The summed E-state index contributed by atoms with van der Waals surface area (Å²) in [4.78, 5) is 95.8. The number of nitrogens with two attached hydrogens (primary N) is 10. The summed E-state index contributed by atoms with van der Waals surface area (Å²) in [5, 5.41) is 78.7. The molecule has 0 amide bonds. The molecule has 389 valence electrons. The van der Waals surface area contributed by atoms with Gasteiger partial charge in [0.15, 0.2) is 0 Å². The average molecular weight is 1030 g/mol. The van der Waals surface area contributed by atoms with Gasteiger partial charge in [0.2, 0.25) is 0 Å². The summed E-state index contributed by atoms with van der Waals surface area (Å²) >= 11 is 7.30. The molecule has 64 heavy (non-hydrogen) atoms. The maximum Gasteiger partial charge on any atom is 0.321 e. The minimum atomic E-state index is -1.00. The fourth-order valence-electron chi connectivity index (χ4n) is 1.05. The van der Waals surface area contributed by atoms with Crippen LogP contribution in [-0.2, 0) is 65.0 Å². The van der Waals surface area contributed by atoms with Crippen molar-refractivity contribution < 1.29 is 116 Å². The van der Waals surface area contributed by atoms with Crippen LogP contribution in [0.1, 0.15) is 48.0 Å². The Kier molecular flexibility index (Phi) is 82.0. The van der Waals surface area contributed by atoms with Crippen molar-refractivity contribution in [2.45, 2.75) is 84.2 Å². The number of hydrogen-bond donors (Lipinski definition) is 22. The van der Waals surface area contributed by atoms with E-state index in [2.05, 4.69) is 48.2 Å². The van der Waals surface area contributed by atoms with Crippen LogP contribution in [0.5, 0.6) is 0 Å². The van der Waals surface area contributed by atoms with E-state index in [9.17, 15) is 47.9 Å². The van der Waals surface area contributed by atoms with E-state index in [1.807, 2.05) is 13.8 Å². The first-order valence-corrected chi connectivity index (χ1v) is 18.4. The van der Waals surface area contributed by atoms with Crippen LogP contribution in [-0.4, -0.2) is 185 Å². The van der Waals surface area contributed by atoms with Gasteiger partial charge in [0, 0.05) is 28.6 Å². The van der Waals surface area contributed by atoms with E-state index >= 15 is 0 Å². The van der Waals surface area contributed by atoms with E-state index in [1.54, 1.807) is 13.8 Å². The van der Waals surface area contributed by atoms with Gasteiger partial charge in [0.25, 0.3) is 0 Å². The van der Waals surface area contributed by atoms with Gasteiger partial charge in [-0.1, -0.05) is 27.7 Å². The molecule has 0 unspecified atom stereocenters. The molecule has 6 atom stereocenters. The van der Waals surface area contributed by atoms with Crippen molar-refractivity contribution in [3.8, 4) is 0 Å². The third kappa shape index (κ3) is 118. The molecule has 0 heterocycles. The Labute approximate surface area is 391 Å². The van der Waals surface area contributed by atoms with Crippen LogP contribution >= 0.6 is 25.3 Å². The van der Waals surface area contributed by atoms with Crippen LogP contribution < -0.4 is 57.3 Å². The predicted octanol–water partition coefficient (Wildman–Crippen LogP) is -5.89. The molecule has 0 aromatic heterocycles. The van der Waals surface area contributed by atoms with Gasteiger partial charge in [-0.3, -0.25) is 47.9 Å². The van der Waals surface area contributed by atoms with Gasteiger partial charge in [-0.25, -0.2) is 0 Å². The van der Waals surface area contributed by atoms with Gasteiger partial charge in [-0.05, 0) is 32.1 Å². The molecule has 30 nitrogen and oxygen atoms in total. The van der Waals surface area contributed by atoms with E-state index in [4.69, 9.17) is 85.5 Å². The molecule has 0 fully saturated rings. The first-order valence-electron chi connectivity index (χ1n) is 17.1. The van der Waals surface area contributed by atoms with Gasteiger partial charge in [-0.15, -0.1) is 0 Å². The fraction of sp³-hybridized carbons (Fsp3) is 0.677. The molecule has 0 saturated carbocycles. The molecule has 33 heteroatoms. The zero-order valence-corrected chi connectivity index (χ0v) is 38.8. The third-order valence-electron chi connectivity index (χ3n) is 4.55. The van der Waals surface area contributed by atoms with Crippen molar-refractivity contribution in [1.29, 1.82) is 0 Å². The van der Waals surface area contributed by atoms with E-state index < -0.39 is 95.9 Å². The smallest absolute Gasteiger partial charge is 0.321 e. The summed E-state index contributed by atoms with van der Waals surface area (Å²) in [6.45, 7) is 9.17. The Balaban J connectivity index is -0.0000000544.